The van der Waals surface area contributed by atoms with Crippen molar-refractivity contribution in [1.82, 2.24) is 9.47 Å². The minimum absolute atomic E-state index is 0.113. The van der Waals surface area contributed by atoms with Gasteiger partial charge in [0.2, 0.25) is 5.91 Å². The molecule has 0 spiro atoms. The van der Waals surface area contributed by atoms with Gasteiger partial charge in [-0.05, 0) is 45.2 Å². The number of aliphatic hydroxyl groups excluding tert-OH is 1. The lowest BCUT2D eigenvalue weighted by Crippen LogP contribution is -2.42. The van der Waals surface area contributed by atoms with Crippen LogP contribution in [0.5, 0.6) is 0 Å². The number of benzene rings is 1. The summed E-state index contributed by atoms with van der Waals surface area (Å²) in [6, 6.07) is 7.72. The number of amides is 1. The number of piperidine rings is 1. The fourth-order valence-electron chi connectivity index (χ4n) is 3.52. The van der Waals surface area contributed by atoms with Crippen LogP contribution in [-0.4, -0.2) is 51.9 Å². The molecule has 1 N–H and O–H groups in total. The molecule has 1 fully saturated rings. The van der Waals surface area contributed by atoms with E-state index < -0.39 is 11.7 Å². The summed E-state index contributed by atoms with van der Waals surface area (Å²) >= 11 is 0. The van der Waals surface area contributed by atoms with Crippen LogP contribution < -0.4 is 0 Å². The normalized spacial score (nSPS) is 18.1. The van der Waals surface area contributed by atoms with Gasteiger partial charge >= 0.3 is 6.09 Å². The second-order valence-electron chi connectivity index (χ2n) is 8.20. The first-order valence-corrected chi connectivity index (χ1v) is 9.49. The predicted molar refractivity (Wildman–Crippen MR) is 104 cm³/mol. The van der Waals surface area contributed by atoms with E-state index in [1.165, 1.54) is 0 Å². The van der Waals surface area contributed by atoms with Crippen molar-refractivity contribution in [3.05, 3.63) is 36.0 Å². The zero-order valence-corrected chi connectivity index (χ0v) is 16.3. The van der Waals surface area contributed by atoms with Crippen molar-refractivity contribution in [2.75, 3.05) is 19.7 Å². The van der Waals surface area contributed by atoms with Crippen molar-refractivity contribution in [2.45, 2.75) is 45.6 Å². The largest absolute Gasteiger partial charge is 0.443 e. The molecule has 1 aromatic carbocycles. The minimum Gasteiger partial charge on any atom is -0.443 e. The number of carbonyl (C=O) groups excluding carboxylic acids is 2. The number of nitrogens with zero attached hydrogens (tertiary/aromatic N) is 2. The molecule has 1 saturated heterocycles. The molecule has 1 aliphatic rings. The van der Waals surface area contributed by atoms with E-state index in [1.807, 2.05) is 56.1 Å². The summed E-state index contributed by atoms with van der Waals surface area (Å²) in [5, 5.41) is 10.4. The van der Waals surface area contributed by atoms with Crippen LogP contribution in [0.1, 0.15) is 39.2 Å². The smallest absolute Gasteiger partial charge is 0.419 e. The number of hydrogen-bond donors (Lipinski definition) is 1. The molecule has 2 heterocycles. The van der Waals surface area contributed by atoms with E-state index in [2.05, 4.69) is 0 Å². The maximum absolute atomic E-state index is 12.6. The third kappa shape index (κ3) is 4.50. The van der Waals surface area contributed by atoms with E-state index in [0.717, 1.165) is 22.9 Å². The second kappa shape index (κ2) is 7.72. The molecule has 0 radical (unpaired) electrons. The van der Waals surface area contributed by atoms with E-state index in [4.69, 9.17) is 4.74 Å². The van der Waals surface area contributed by atoms with Gasteiger partial charge in [-0.25, -0.2) is 4.79 Å². The van der Waals surface area contributed by atoms with Gasteiger partial charge in [-0.3, -0.25) is 9.36 Å². The molecule has 1 atom stereocenters. The topological polar surface area (TPSA) is 71.8 Å². The number of ether oxygens (including phenoxy) is 1. The van der Waals surface area contributed by atoms with Crippen LogP contribution in [0.4, 0.5) is 4.79 Å². The summed E-state index contributed by atoms with van der Waals surface area (Å²) in [6.45, 7) is 6.82. The average molecular weight is 372 g/mol. The monoisotopic (exact) mass is 372 g/mol. The molecule has 1 amide bonds. The molecule has 0 saturated carbocycles. The quantitative estimate of drug-likeness (QED) is 0.895. The van der Waals surface area contributed by atoms with Crippen LogP contribution in [-0.2, 0) is 16.0 Å². The van der Waals surface area contributed by atoms with Crippen LogP contribution >= 0.6 is 0 Å². The summed E-state index contributed by atoms with van der Waals surface area (Å²) in [6.07, 6.45) is 3.31. The number of para-hydroxylation sites is 1. The molecule has 1 unspecified atom stereocenters. The first-order chi connectivity index (χ1) is 12.8. The molecule has 1 aromatic heterocycles. The molecule has 27 heavy (non-hydrogen) atoms. The molecule has 2 aromatic rings. The number of hydrogen-bond acceptors (Lipinski definition) is 4. The Kier molecular flexibility index (Phi) is 5.56. The zero-order chi connectivity index (χ0) is 19.6. The maximum Gasteiger partial charge on any atom is 0.419 e. The van der Waals surface area contributed by atoms with Gasteiger partial charge in [-0.1, -0.05) is 18.2 Å². The molecular weight excluding hydrogens is 344 g/mol. The lowest BCUT2D eigenvalue weighted by atomic mass is 9.98. The van der Waals surface area contributed by atoms with E-state index in [0.29, 0.717) is 25.9 Å². The maximum atomic E-state index is 12.6. The Morgan fingerprint density at radius 2 is 2.04 bits per heavy atom. The van der Waals surface area contributed by atoms with Crippen molar-refractivity contribution < 1.29 is 19.4 Å². The van der Waals surface area contributed by atoms with Crippen molar-refractivity contribution in [1.29, 1.82) is 0 Å². The lowest BCUT2D eigenvalue weighted by Gasteiger charge is -2.31. The van der Waals surface area contributed by atoms with E-state index in [-0.39, 0.29) is 18.4 Å². The Balaban J connectivity index is 1.81. The molecule has 0 aliphatic carbocycles. The zero-order valence-electron chi connectivity index (χ0n) is 16.3. The fourth-order valence-corrected chi connectivity index (χ4v) is 3.52. The van der Waals surface area contributed by atoms with Crippen molar-refractivity contribution in [2.24, 2.45) is 5.92 Å². The number of rotatable bonds is 4. The van der Waals surface area contributed by atoms with Crippen LogP contribution in [0.25, 0.3) is 10.9 Å². The van der Waals surface area contributed by atoms with Crippen molar-refractivity contribution in [3.63, 3.8) is 0 Å². The Bertz CT molecular complexity index is 834. The van der Waals surface area contributed by atoms with Crippen LogP contribution in [0, 0.1) is 5.92 Å². The van der Waals surface area contributed by atoms with Crippen LogP contribution in [0.2, 0.25) is 0 Å². The first-order valence-electron chi connectivity index (χ1n) is 9.49. The van der Waals surface area contributed by atoms with E-state index in [9.17, 15) is 14.7 Å². The Hall–Kier alpha value is -2.34. The van der Waals surface area contributed by atoms with E-state index in [1.54, 1.807) is 4.57 Å². The highest BCUT2D eigenvalue weighted by Crippen LogP contribution is 2.24. The molecular formula is C21H28N2O4. The summed E-state index contributed by atoms with van der Waals surface area (Å²) in [7, 11) is 0. The van der Waals surface area contributed by atoms with Gasteiger partial charge in [-0.2, -0.15) is 0 Å². The highest BCUT2D eigenvalue weighted by atomic mass is 16.6. The molecule has 3 rings (SSSR count). The number of aromatic nitrogens is 1. The van der Waals surface area contributed by atoms with Gasteiger partial charge in [-0.15, -0.1) is 0 Å². The van der Waals surface area contributed by atoms with Gasteiger partial charge in [0.1, 0.15) is 5.60 Å². The van der Waals surface area contributed by atoms with Gasteiger partial charge in [0.15, 0.2) is 0 Å². The van der Waals surface area contributed by atoms with Crippen molar-refractivity contribution >= 4 is 22.9 Å². The number of likely N-dealkylation sites (tertiary alicyclic amines) is 1. The SMILES string of the molecule is CC(C)(C)OC(=O)n1cc(CCN2CC(CO)CCC2=O)c2ccccc21. The van der Waals surface area contributed by atoms with E-state index >= 15 is 0 Å². The molecule has 1 aliphatic heterocycles. The molecule has 0 bridgehead atoms. The highest BCUT2D eigenvalue weighted by Gasteiger charge is 2.25. The summed E-state index contributed by atoms with van der Waals surface area (Å²) < 4.78 is 7.06. The Labute approximate surface area is 159 Å². The standard InChI is InChI=1S/C21H28N2O4/c1-21(2,3)27-20(26)23-13-16(17-6-4-5-7-18(17)23)10-11-22-12-15(14-24)8-9-19(22)25/h4-7,13,15,24H,8-12,14H2,1-3H3. The van der Waals surface area contributed by atoms with Gasteiger partial charge in [0.25, 0.3) is 0 Å². The summed E-state index contributed by atoms with van der Waals surface area (Å²) in [4.78, 5) is 26.6. The third-order valence-electron chi connectivity index (χ3n) is 4.89. The van der Waals surface area contributed by atoms with Crippen LogP contribution in [0.3, 0.4) is 0 Å². The number of fused-ring (bicyclic) bond motifs is 1. The molecule has 146 valence electrons. The Morgan fingerprint density at radius 1 is 1.30 bits per heavy atom. The summed E-state index contributed by atoms with van der Waals surface area (Å²) in [5.41, 5.74) is 1.25. The first kappa shape index (κ1) is 19.4. The molecule has 6 heteroatoms. The number of aliphatic hydroxyl groups is 1. The minimum atomic E-state index is -0.567. The predicted octanol–water partition coefficient (Wildman–Crippen LogP) is 3.20. The third-order valence-corrected chi connectivity index (χ3v) is 4.89. The van der Waals surface area contributed by atoms with Crippen LogP contribution in [0.15, 0.2) is 30.5 Å². The Morgan fingerprint density at radius 3 is 2.74 bits per heavy atom. The molecule has 6 nitrogen and oxygen atoms in total. The summed E-state index contributed by atoms with van der Waals surface area (Å²) in [5.74, 6) is 0.293. The van der Waals surface area contributed by atoms with Gasteiger partial charge in [0, 0.05) is 43.6 Å². The highest BCUT2D eigenvalue weighted by molar-refractivity contribution is 5.92. The van der Waals surface area contributed by atoms with Gasteiger partial charge in [0.05, 0.1) is 5.52 Å². The van der Waals surface area contributed by atoms with Gasteiger partial charge < -0.3 is 14.7 Å². The average Bonchev–Trinajstić information content (AvgIpc) is 2.99. The second-order valence-corrected chi connectivity index (χ2v) is 8.20. The van der Waals surface area contributed by atoms with Crippen molar-refractivity contribution in [3.8, 4) is 0 Å². The number of carbonyl (C=O) groups is 2. The lowest BCUT2D eigenvalue weighted by molar-refractivity contribution is -0.135. The fraction of sp³-hybridized carbons (Fsp3) is 0.524.